The van der Waals surface area contributed by atoms with Gasteiger partial charge in [0.05, 0.1) is 11.6 Å². The summed E-state index contributed by atoms with van der Waals surface area (Å²) >= 11 is 0. The first-order valence-electron chi connectivity index (χ1n) is 7.97. The van der Waals surface area contributed by atoms with Crippen molar-refractivity contribution < 1.29 is 14.7 Å². The second kappa shape index (κ2) is 6.07. The molecule has 7 heteroatoms. The quantitative estimate of drug-likeness (QED) is 0.934. The number of hydrogen-bond acceptors (Lipinski definition) is 4. The Morgan fingerprint density at radius 1 is 1.21 bits per heavy atom. The number of aromatic carboxylic acids is 1. The van der Waals surface area contributed by atoms with Crippen molar-refractivity contribution in [2.24, 2.45) is 0 Å². The molecule has 24 heavy (non-hydrogen) atoms. The van der Waals surface area contributed by atoms with E-state index in [0.29, 0.717) is 18.7 Å². The maximum atomic E-state index is 12.8. The molecule has 1 aromatic carbocycles. The summed E-state index contributed by atoms with van der Waals surface area (Å²) in [6, 6.07) is 5.91. The Morgan fingerprint density at radius 2 is 1.92 bits per heavy atom. The van der Waals surface area contributed by atoms with Crippen LogP contribution in [0.25, 0.3) is 0 Å². The summed E-state index contributed by atoms with van der Waals surface area (Å²) in [5, 5.41) is 17.6. The Hall–Kier alpha value is -2.70. The van der Waals surface area contributed by atoms with Crippen molar-refractivity contribution in [2.75, 3.05) is 6.54 Å². The number of aromatic nitrogens is 3. The van der Waals surface area contributed by atoms with E-state index >= 15 is 0 Å². The summed E-state index contributed by atoms with van der Waals surface area (Å²) in [4.78, 5) is 25.6. The minimum Gasteiger partial charge on any atom is -0.478 e. The summed E-state index contributed by atoms with van der Waals surface area (Å²) in [7, 11) is 0. The normalized spacial score (nSPS) is 17.0. The second-order valence-corrected chi connectivity index (χ2v) is 6.28. The van der Waals surface area contributed by atoms with Gasteiger partial charge in [-0.15, -0.1) is 10.2 Å². The zero-order chi connectivity index (χ0) is 17.4. The average Bonchev–Trinajstić information content (AvgIpc) is 3.00. The lowest BCUT2D eigenvalue weighted by molar-refractivity contribution is 0.0636. The number of carboxylic acid groups (broad SMARTS) is 1. The molecule has 1 aromatic heterocycles. The number of carbonyl (C=O) groups is 2. The van der Waals surface area contributed by atoms with Crippen LogP contribution in [0.2, 0.25) is 0 Å². The molecule has 2 aromatic rings. The van der Waals surface area contributed by atoms with Crippen LogP contribution < -0.4 is 0 Å². The predicted octanol–water partition coefficient (Wildman–Crippen LogP) is 2.32. The lowest BCUT2D eigenvalue weighted by atomic mass is 10.1. The molecule has 0 saturated heterocycles. The van der Waals surface area contributed by atoms with Crippen LogP contribution in [0, 0.1) is 0 Å². The van der Waals surface area contributed by atoms with Crippen LogP contribution in [0.1, 0.15) is 65.1 Å². The van der Waals surface area contributed by atoms with Crippen LogP contribution in [0.5, 0.6) is 0 Å². The van der Waals surface area contributed by atoms with Gasteiger partial charge in [0.25, 0.3) is 5.91 Å². The summed E-state index contributed by atoms with van der Waals surface area (Å²) in [6.07, 6.45) is 0. The zero-order valence-electron chi connectivity index (χ0n) is 13.9. The summed E-state index contributed by atoms with van der Waals surface area (Å²) in [6.45, 7) is 7.24. The third kappa shape index (κ3) is 2.66. The van der Waals surface area contributed by atoms with E-state index < -0.39 is 5.97 Å². The molecule has 0 saturated carbocycles. The van der Waals surface area contributed by atoms with Crippen molar-refractivity contribution in [1.82, 2.24) is 19.7 Å². The van der Waals surface area contributed by atoms with Gasteiger partial charge in [-0.25, -0.2) is 4.79 Å². The van der Waals surface area contributed by atoms with Gasteiger partial charge >= 0.3 is 5.97 Å². The minimum absolute atomic E-state index is 0.107. The molecule has 1 aliphatic rings. The van der Waals surface area contributed by atoms with E-state index in [1.54, 1.807) is 17.0 Å². The molecular weight excluding hydrogens is 308 g/mol. The monoisotopic (exact) mass is 328 g/mol. The average molecular weight is 328 g/mol. The standard InChI is InChI=1S/C17H20N4O3/c1-10(2)14-18-19-15-11(3)20(7-8-21(14)15)16(22)12-5-4-6-13(9-12)17(23)24/h4-6,9-11H,7-8H2,1-3H3,(H,23,24). The number of fused-ring (bicyclic) bond motifs is 1. The van der Waals surface area contributed by atoms with E-state index in [1.165, 1.54) is 12.1 Å². The van der Waals surface area contributed by atoms with Crippen LogP contribution in [-0.4, -0.2) is 43.2 Å². The van der Waals surface area contributed by atoms with Gasteiger partial charge in [-0.2, -0.15) is 0 Å². The molecule has 0 radical (unpaired) electrons. The minimum atomic E-state index is -1.04. The molecular formula is C17H20N4O3. The van der Waals surface area contributed by atoms with Gasteiger partial charge in [-0.3, -0.25) is 4.79 Å². The van der Waals surface area contributed by atoms with E-state index in [2.05, 4.69) is 28.6 Å². The van der Waals surface area contributed by atoms with Gasteiger partial charge < -0.3 is 14.6 Å². The summed E-state index contributed by atoms with van der Waals surface area (Å²) in [5.74, 6) is 0.737. The maximum Gasteiger partial charge on any atom is 0.335 e. The van der Waals surface area contributed by atoms with Crippen LogP contribution in [-0.2, 0) is 6.54 Å². The molecule has 7 nitrogen and oxygen atoms in total. The molecule has 126 valence electrons. The van der Waals surface area contributed by atoms with Crippen molar-refractivity contribution >= 4 is 11.9 Å². The molecule has 0 spiro atoms. The fraction of sp³-hybridized carbons (Fsp3) is 0.412. The summed E-state index contributed by atoms with van der Waals surface area (Å²) in [5.41, 5.74) is 0.481. The number of nitrogens with zero attached hydrogens (tertiary/aromatic N) is 4. The first kappa shape index (κ1) is 16.2. The number of amides is 1. The molecule has 1 amide bonds. The highest BCUT2D eigenvalue weighted by Gasteiger charge is 2.32. The number of carbonyl (C=O) groups excluding carboxylic acids is 1. The van der Waals surface area contributed by atoms with E-state index in [1.807, 2.05) is 6.92 Å². The number of carboxylic acids is 1. The Bertz CT molecular complexity index is 797. The third-order valence-electron chi connectivity index (χ3n) is 4.35. The third-order valence-corrected chi connectivity index (χ3v) is 4.35. The van der Waals surface area contributed by atoms with E-state index in [-0.39, 0.29) is 23.4 Å². The molecule has 3 rings (SSSR count). The van der Waals surface area contributed by atoms with Crippen LogP contribution in [0.3, 0.4) is 0 Å². The Morgan fingerprint density at radius 3 is 2.58 bits per heavy atom. The lowest BCUT2D eigenvalue weighted by Gasteiger charge is -2.34. The first-order valence-corrected chi connectivity index (χ1v) is 7.97. The van der Waals surface area contributed by atoms with Gasteiger partial charge in [0, 0.05) is 24.6 Å². The number of hydrogen-bond donors (Lipinski definition) is 1. The van der Waals surface area contributed by atoms with Gasteiger partial charge in [-0.05, 0) is 25.1 Å². The first-order chi connectivity index (χ1) is 11.4. The van der Waals surface area contributed by atoms with Gasteiger partial charge in [0.1, 0.15) is 5.82 Å². The van der Waals surface area contributed by atoms with E-state index in [9.17, 15) is 9.59 Å². The van der Waals surface area contributed by atoms with Crippen molar-refractivity contribution in [3.63, 3.8) is 0 Å². The lowest BCUT2D eigenvalue weighted by Crippen LogP contribution is -2.41. The summed E-state index contributed by atoms with van der Waals surface area (Å²) < 4.78 is 2.08. The largest absolute Gasteiger partial charge is 0.478 e. The van der Waals surface area contributed by atoms with Crippen molar-refractivity contribution in [3.05, 3.63) is 47.0 Å². The van der Waals surface area contributed by atoms with Crippen LogP contribution >= 0.6 is 0 Å². The maximum absolute atomic E-state index is 12.8. The van der Waals surface area contributed by atoms with Gasteiger partial charge in [0.15, 0.2) is 5.82 Å². The fourth-order valence-electron chi connectivity index (χ4n) is 3.06. The predicted molar refractivity (Wildman–Crippen MR) is 87.0 cm³/mol. The topological polar surface area (TPSA) is 88.3 Å². The molecule has 1 N–H and O–H groups in total. The Labute approximate surface area is 139 Å². The molecule has 0 aliphatic carbocycles. The van der Waals surface area contributed by atoms with Crippen molar-refractivity contribution in [1.29, 1.82) is 0 Å². The fourth-order valence-corrected chi connectivity index (χ4v) is 3.06. The Balaban J connectivity index is 1.89. The molecule has 1 atom stereocenters. The molecule has 1 aliphatic heterocycles. The highest BCUT2D eigenvalue weighted by molar-refractivity contribution is 5.97. The van der Waals surface area contributed by atoms with Gasteiger partial charge in [0.2, 0.25) is 0 Å². The van der Waals surface area contributed by atoms with Crippen LogP contribution in [0.4, 0.5) is 0 Å². The Kier molecular flexibility index (Phi) is 4.09. The van der Waals surface area contributed by atoms with Crippen LogP contribution in [0.15, 0.2) is 24.3 Å². The van der Waals surface area contributed by atoms with Crippen molar-refractivity contribution in [2.45, 2.75) is 39.3 Å². The van der Waals surface area contributed by atoms with Gasteiger partial charge in [-0.1, -0.05) is 19.9 Å². The SMILES string of the molecule is CC(C)c1nnc2n1CCN(C(=O)c1cccc(C(=O)O)c1)C2C. The molecule has 2 heterocycles. The highest BCUT2D eigenvalue weighted by Crippen LogP contribution is 2.28. The smallest absolute Gasteiger partial charge is 0.335 e. The number of rotatable bonds is 3. The van der Waals surface area contributed by atoms with Crippen molar-refractivity contribution in [3.8, 4) is 0 Å². The molecule has 0 bridgehead atoms. The van der Waals surface area contributed by atoms with E-state index in [4.69, 9.17) is 5.11 Å². The highest BCUT2D eigenvalue weighted by atomic mass is 16.4. The zero-order valence-corrected chi connectivity index (χ0v) is 13.9. The second-order valence-electron chi connectivity index (χ2n) is 6.28. The van der Waals surface area contributed by atoms with E-state index in [0.717, 1.165) is 11.6 Å². The number of benzene rings is 1. The molecule has 1 unspecified atom stereocenters. The molecule has 0 fully saturated rings.